The van der Waals surface area contributed by atoms with Gasteiger partial charge in [-0.2, -0.15) is 0 Å². The minimum Gasteiger partial charge on any atom is -0.466 e. The molecule has 6 nitrogen and oxygen atoms in total. The lowest BCUT2D eigenvalue weighted by Crippen LogP contribution is -2.44. The molecule has 0 aromatic carbocycles. The number of esters is 1. The maximum atomic E-state index is 11.7. The number of carbonyl (C=O) groups is 2. The van der Waals surface area contributed by atoms with Crippen LogP contribution in [-0.4, -0.2) is 60.3 Å². The van der Waals surface area contributed by atoms with Crippen molar-refractivity contribution in [1.29, 1.82) is 0 Å². The topological polar surface area (TPSA) is 78.9 Å². The molecule has 0 spiro atoms. The summed E-state index contributed by atoms with van der Waals surface area (Å²) in [4.78, 5) is 24.7. The van der Waals surface area contributed by atoms with Crippen molar-refractivity contribution in [3.8, 4) is 0 Å². The first-order valence-electron chi connectivity index (χ1n) is 7.15. The van der Waals surface area contributed by atoms with Crippen LogP contribution in [0.4, 0.5) is 0 Å². The summed E-state index contributed by atoms with van der Waals surface area (Å²) in [5.74, 6) is -0.334. The number of hydrogen-bond acceptors (Lipinski definition) is 5. The molecule has 20 heavy (non-hydrogen) atoms. The average Bonchev–Trinajstić information content (AvgIpc) is 2.32. The van der Waals surface area contributed by atoms with Crippen molar-refractivity contribution in [2.24, 2.45) is 0 Å². The number of nitrogens with one attached hydrogen (secondary N) is 1. The maximum absolute atomic E-state index is 11.7. The molecule has 0 saturated carbocycles. The number of carbonyl (C=O) groups excluding carboxylic acids is 2. The Balaban J connectivity index is 3.84. The van der Waals surface area contributed by atoms with Crippen molar-refractivity contribution in [2.75, 3.05) is 32.8 Å². The highest BCUT2D eigenvalue weighted by Crippen LogP contribution is 2.04. The van der Waals surface area contributed by atoms with Crippen LogP contribution in [-0.2, 0) is 14.3 Å². The second-order valence-electron chi connectivity index (χ2n) is 5.37. The summed E-state index contributed by atoms with van der Waals surface area (Å²) in [6.07, 6.45) is 0.886. The Kier molecular flexibility index (Phi) is 9.16. The van der Waals surface area contributed by atoms with E-state index in [1.807, 2.05) is 11.8 Å². The van der Waals surface area contributed by atoms with E-state index in [4.69, 9.17) is 4.74 Å². The van der Waals surface area contributed by atoms with E-state index >= 15 is 0 Å². The molecule has 118 valence electrons. The highest BCUT2D eigenvalue weighted by atomic mass is 16.5. The molecule has 0 heterocycles. The molecule has 2 N–H and O–H groups in total. The molecule has 0 bridgehead atoms. The smallest absolute Gasteiger partial charge is 0.305 e. The lowest BCUT2D eigenvalue weighted by Gasteiger charge is -2.27. The summed E-state index contributed by atoms with van der Waals surface area (Å²) in [6, 6.07) is 0. The second kappa shape index (κ2) is 9.72. The Morgan fingerprint density at radius 1 is 1.30 bits per heavy atom. The van der Waals surface area contributed by atoms with Gasteiger partial charge in [0.25, 0.3) is 0 Å². The summed E-state index contributed by atoms with van der Waals surface area (Å²) in [5.41, 5.74) is -0.819. The van der Waals surface area contributed by atoms with E-state index in [2.05, 4.69) is 5.32 Å². The maximum Gasteiger partial charge on any atom is 0.305 e. The van der Waals surface area contributed by atoms with E-state index in [1.165, 1.54) is 0 Å². The fourth-order valence-corrected chi connectivity index (χ4v) is 1.78. The standard InChI is InChI=1S/C14H28N2O4/c1-5-16(11-14(3,4)19)10-12(17)15-9-7-8-13(18)20-6-2/h19H,5-11H2,1-4H3,(H,15,17). The molecule has 6 heteroatoms. The molecule has 0 aliphatic carbocycles. The molecular formula is C14H28N2O4. The minimum absolute atomic E-state index is 0.0973. The SMILES string of the molecule is CCOC(=O)CCCNC(=O)CN(CC)CC(C)(C)O. The highest BCUT2D eigenvalue weighted by Gasteiger charge is 2.18. The van der Waals surface area contributed by atoms with E-state index in [-0.39, 0.29) is 18.4 Å². The molecule has 0 aliphatic heterocycles. The van der Waals surface area contributed by atoms with Crippen molar-refractivity contribution in [3.63, 3.8) is 0 Å². The molecule has 1 amide bonds. The number of rotatable bonds is 10. The van der Waals surface area contributed by atoms with Crippen molar-refractivity contribution in [1.82, 2.24) is 10.2 Å². The number of likely N-dealkylation sites (N-methyl/N-ethyl adjacent to an activating group) is 1. The largest absolute Gasteiger partial charge is 0.466 e. The van der Waals surface area contributed by atoms with Gasteiger partial charge in [-0.15, -0.1) is 0 Å². The van der Waals surface area contributed by atoms with Crippen LogP contribution >= 0.6 is 0 Å². The summed E-state index contributed by atoms with van der Waals surface area (Å²) >= 11 is 0. The monoisotopic (exact) mass is 288 g/mol. The van der Waals surface area contributed by atoms with Crippen LogP contribution in [0.5, 0.6) is 0 Å². The van der Waals surface area contributed by atoms with Crippen molar-refractivity contribution in [3.05, 3.63) is 0 Å². The quantitative estimate of drug-likeness (QED) is 0.453. The van der Waals surface area contributed by atoms with Gasteiger partial charge in [0.2, 0.25) is 5.91 Å². The highest BCUT2D eigenvalue weighted by molar-refractivity contribution is 5.78. The average molecular weight is 288 g/mol. The third-order valence-corrected chi connectivity index (χ3v) is 2.61. The van der Waals surface area contributed by atoms with Crippen LogP contribution in [0.3, 0.4) is 0 Å². The van der Waals surface area contributed by atoms with Crippen molar-refractivity contribution >= 4 is 11.9 Å². The molecule has 0 radical (unpaired) electrons. The first kappa shape index (κ1) is 18.9. The van der Waals surface area contributed by atoms with Crippen molar-refractivity contribution in [2.45, 2.75) is 46.1 Å². The molecule has 0 fully saturated rings. The van der Waals surface area contributed by atoms with Crippen LogP contribution in [0.2, 0.25) is 0 Å². The fraction of sp³-hybridized carbons (Fsp3) is 0.857. The van der Waals surface area contributed by atoms with Gasteiger partial charge in [-0.05, 0) is 33.7 Å². The van der Waals surface area contributed by atoms with Crippen LogP contribution in [0.25, 0.3) is 0 Å². The normalized spacial score (nSPS) is 11.5. The zero-order valence-electron chi connectivity index (χ0n) is 13.1. The lowest BCUT2D eigenvalue weighted by molar-refractivity contribution is -0.143. The number of nitrogens with zero attached hydrogens (tertiary/aromatic N) is 1. The number of amides is 1. The van der Waals surface area contributed by atoms with Crippen molar-refractivity contribution < 1.29 is 19.4 Å². The van der Waals surface area contributed by atoms with Gasteiger partial charge in [0.05, 0.1) is 18.8 Å². The van der Waals surface area contributed by atoms with Gasteiger partial charge in [-0.3, -0.25) is 14.5 Å². The summed E-state index contributed by atoms with van der Waals surface area (Å²) in [5, 5.41) is 12.5. The summed E-state index contributed by atoms with van der Waals surface area (Å²) in [7, 11) is 0. The van der Waals surface area contributed by atoms with Crippen LogP contribution in [0.15, 0.2) is 0 Å². The number of aliphatic hydroxyl groups is 1. The minimum atomic E-state index is -0.819. The third kappa shape index (κ3) is 10.8. The molecule has 0 atom stereocenters. The van der Waals surface area contributed by atoms with E-state index in [1.54, 1.807) is 20.8 Å². The Hall–Kier alpha value is -1.14. The van der Waals surface area contributed by atoms with Gasteiger partial charge in [-0.1, -0.05) is 6.92 Å². The first-order chi connectivity index (χ1) is 9.28. The van der Waals surface area contributed by atoms with Crippen LogP contribution < -0.4 is 5.32 Å². The summed E-state index contributed by atoms with van der Waals surface area (Å²) < 4.78 is 4.80. The zero-order chi connectivity index (χ0) is 15.6. The molecule has 0 aromatic rings. The van der Waals surface area contributed by atoms with Gasteiger partial charge in [0, 0.05) is 19.5 Å². The van der Waals surface area contributed by atoms with E-state index < -0.39 is 5.60 Å². The van der Waals surface area contributed by atoms with E-state index in [9.17, 15) is 14.7 Å². The Bertz CT molecular complexity index is 300. The van der Waals surface area contributed by atoms with E-state index in [0.717, 1.165) is 0 Å². The van der Waals surface area contributed by atoms with Gasteiger partial charge in [-0.25, -0.2) is 0 Å². The van der Waals surface area contributed by atoms with Gasteiger partial charge in [0.15, 0.2) is 0 Å². The molecular weight excluding hydrogens is 260 g/mol. The predicted molar refractivity (Wildman–Crippen MR) is 77.3 cm³/mol. The number of ether oxygens (including phenoxy) is 1. The number of hydrogen-bond donors (Lipinski definition) is 2. The Labute approximate surface area is 121 Å². The first-order valence-corrected chi connectivity index (χ1v) is 7.15. The zero-order valence-corrected chi connectivity index (χ0v) is 13.1. The summed E-state index contributed by atoms with van der Waals surface area (Å²) in [6.45, 7) is 9.37. The molecule has 0 aliphatic rings. The Morgan fingerprint density at radius 3 is 2.45 bits per heavy atom. The van der Waals surface area contributed by atoms with E-state index in [0.29, 0.717) is 39.1 Å². The Morgan fingerprint density at radius 2 is 1.95 bits per heavy atom. The van der Waals surface area contributed by atoms with Gasteiger partial charge >= 0.3 is 5.97 Å². The van der Waals surface area contributed by atoms with Crippen LogP contribution in [0.1, 0.15) is 40.5 Å². The molecule has 0 rings (SSSR count). The lowest BCUT2D eigenvalue weighted by atomic mass is 10.1. The second-order valence-corrected chi connectivity index (χ2v) is 5.37. The fourth-order valence-electron chi connectivity index (χ4n) is 1.78. The predicted octanol–water partition coefficient (Wildman–Crippen LogP) is 0.539. The molecule has 0 unspecified atom stereocenters. The van der Waals surface area contributed by atoms with Gasteiger partial charge in [0.1, 0.15) is 0 Å². The van der Waals surface area contributed by atoms with Crippen LogP contribution in [0, 0.1) is 0 Å². The molecule has 0 aromatic heterocycles. The van der Waals surface area contributed by atoms with Gasteiger partial charge < -0.3 is 15.2 Å². The third-order valence-electron chi connectivity index (χ3n) is 2.61. The molecule has 0 saturated heterocycles.